The number of carbonyl (C=O) groups is 2. The molecule has 21 heavy (non-hydrogen) atoms. The molecule has 0 bridgehead atoms. The molecule has 0 aliphatic carbocycles. The summed E-state index contributed by atoms with van der Waals surface area (Å²) in [6.07, 6.45) is 2.22. The van der Waals surface area contributed by atoms with Gasteiger partial charge in [-0.15, -0.1) is 11.3 Å². The van der Waals surface area contributed by atoms with E-state index in [9.17, 15) is 14.7 Å². The van der Waals surface area contributed by atoms with Crippen molar-refractivity contribution in [3.63, 3.8) is 0 Å². The van der Waals surface area contributed by atoms with Crippen molar-refractivity contribution < 1.29 is 14.7 Å². The van der Waals surface area contributed by atoms with Crippen LogP contribution >= 0.6 is 11.3 Å². The molecule has 5 nitrogen and oxygen atoms in total. The number of amides is 2. The van der Waals surface area contributed by atoms with Crippen molar-refractivity contribution in [2.24, 2.45) is 0 Å². The van der Waals surface area contributed by atoms with Crippen LogP contribution in [-0.4, -0.2) is 58.5 Å². The maximum absolute atomic E-state index is 12.5. The van der Waals surface area contributed by atoms with Crippen LogP contribution in [0.4, 0.5) is 0 Å². The van der Waals surface area contributed by atoms with Crippen molar-refractivity contribution in [2.75, 3.05) is 19.6 Å². The molecule has 2 aliphatic rings. The Bertz CT molecular complexity index is 517. The van der Waals surface area contributed by atoms with Crippen molar-refractivity contribution in [3.8, 4) is 0 Å². The Morgan fingerprint density at radius 3 is 2.86 bits per heavy atom. The SMILES string of the molecule is O=C(C1CCCN1C(=O)Cc1cccs1)N1CC[C@H](O)C1. The van der Waals surface area contributed by atoms with Crippen molar-refractivity contribution in [3.05, 3.63) is 22.4 Å². The van der Waals surface area contributed by atoms with E-state index in [0.717, 1.165) is 17.7 Å². The monoisotopic (exact) mass is 308 g/mol. The van der Waals surface area contributed by atoms with E-state index in [4.69, 9.17) is 0 Å². The largest absolute Gasteiger partial charge is 0.391 e. The molecule has 0 aromatic carbocycles. The number of likely N-dealkylation sites (tertiary alicyclic amines) is 2. The van der Waals surface area contributed by atoms with Crippen LogP contribution in [0.3, 0.4) is 0 Å². The van der Waals surface area contributed by atoms with Crippen molar-refractivity contribution in [2.45, 2.75) is 37.8 Å². The second-order valence-electron chi connectivity index (χ2n) is 5.73. The molecule has 1 unspecified atom stereocenters. The molecule has 0 saturated carbocycles. The van der Waals surface area contributed by atoms with Crippen LogP contribution in [0, 0.1) is 0 Å². The molecule has 1 N–H and O–H groups in total. The second kappa shape index (κ2) is 6.15. The van der Waals surface area contributed by atoms with Crippen LogP contribution in [-0.2, 0) is 16.0 Å². The number of aliphatic hydroxyl groups is 1. The van der Waals surface area contributed by atoms with Crippen LogP contribution in [0.2, 0.25) is 0 Å². The fraction of sp³-hybridized carbons (Fsp3) is 0.600. The third kappa shape index (κ3) is 3.11. The molecule has 0 spiro atoms. The van der Waals surface area contributed by atoms with Crippen LogP contribution < -0.4 is 0 Å². The summed E-state index contributed by atoms with van der Waals surface area (Å²) < 4.78 is 0. The Morgan fingerprint density at radius 1 is 1.33 bits per heavy atom. The average molecular weight is 308 g/mol. The highest BCUT2D eigenvalue weighted by atomic mass is 32.1. The van der Waals surface area contributed by atoms with Gasteiger partial charge >= 0.3 is 0 Å². The molecule has 3 heterocycles. The van der Waals surface area contributed by atoms with Crippen molar-refractivity contribution >= 4 is 23.2 Å². The number of nitrogens with zero attached hydrogens (tertiary/aromatic N) is 2. The maximum Gasteiger partial charge on any atom is 0.245 e. The molecule has 2 saturated heterocycles. The van der Waals surface area contributed by atoms with E-state index in [-0.39, 0.29) is 17.9 Å². The van der Waals surface area contributed by atoms with Gasteiger partial charge in [-0.25, -0.2) is 0 Å². The molecule has 2 amide bonds. The lowest BCUT2D eigenvalue weighted by molar-refractivity contribution is -0.143. The van der Waals surface area contributed by atoms with E-state index in [1.54, 1.807) is 21.1 Å². The number of carbonyl (C=O) groups excluding carboxylic acids is 2. The standard InChI is InChI=1S/C15H20N2O3S/c18-11-5-7-16(10-11)15(20)13-4-1-6-17(13)14(19)9-12-3-2-8-21-12/h2-3,8,11,13,18H,1,4-7,9-10H2/t11-,13?/m0/s1. The molecule has 2 aliphatic heterocycles. The number of hydrogen-bond acceptors (Lipinski definition) is 4. The van der Waals surface area contributed by atoms with Gasteiger partial charge in [-0.05, 0) is 30.7 Å². The third-order valence-electron chi connectivity index (χ3n) is 4.24. The summed E-state index contributed by atoms with van der Waals surface area (Å²) in [4.78, 5) is 29.4. The Hall–Kier alpha value is -1.40. The first kappa shape index (κ1) is 14.5. The van der Waals surface area contributed by atoms with Crippen LogP contribution in [0.5, 0.6) is 0 Å². The lowest BCUT2D eigenvalue weighted by Crippen LogP contribution is -2.47. The Kier molecular flexibility index (Phi) is 4.26. The Morgan fingerprint density at radius 2 is 2.19 bits per heavy atom. The summed E-state index contributed by atoms with van der Waals surface area (Å²) >= 11 is 1.57. The van der Waals surface area contributed by atoms with Crippen molar-refractivity contribution in [1.29, 1.82) is 0 Å². The third-order valence-corrected chi connectivity index (χ3v) is 5.12. The van der Waals surface area contributed by atoms with Crippen LogP contribution in [0.15, 0.2) is 17.5 Å². The van der Waals surface area contributed by atoms with Gasteiger partial charge in [-0.2, -0.15) is 0 Å². The molecule has 1 aromatic heterocycles. The molecule has 3 rings (SSSR count). The van der Waals surface area contributed by atoms with E-state index in [1.165, 1.54) is 0 Å². The number of β-amino-alcohol motifs (C(OH)–C–C–N with tert-alkyl or cyclic N) is 1. The highest BCUT2D eigenvalue weighted by molar-refractivity contribution is 7.10. The minimum Gasteiger partial charge on any atom is -0.391 e. The minimum atomic E-state index is -0.411. The molecule has 2 atom stereocenters. The maximum atomic E-state index is 12.5. The molecule has 0 radical (unpaired) electrons. The van der Waals surface area contributed by atoms with Crippen LogP contribution in [0.1, 0.15) is 24.1 Å². The van der Waals surface area contributed by atoms with E-state index in [1.807, 2.05) is 17.5 Å². The van der Waals surface area contributed by atoms with E-state index in [2.05, 4.69) is 0 Å². The normalized spacial score (nSPS) is 25.6. The van der Waals surface area contributed by atoms with E-state index in [0.29, 0.717) is 32.5 Å². The number of thiophene rings is 1. The predicted octanol–water partition coefficient (Wildman–Crippen LogP) is 0.875. The zero-order valence-corrected chi connectivity index (χ0v) is 12.7. The summed E-state index contributed by atoms with van der Waals surface area (Å²) in [5.41, 5.74) is 0. The van der Waals surface area contributed by atoms with Gasteiger partial charge in [0.15, 0.2) is 0 Å². The highest BCUT2D eigenvalue weighted by Gasteiger charge is 2.38. The van der Waals surface area contributed by atoms with Gasteiger partial charge in [0.05, 0.1) is 12.5 Å². The summed E-state index contributed by atoms with van der Waals surface area (Å²) in [6.45, 7) is 1.67. The second-order valence-corrected chi connectivity index (χ2v) is 6.76. The van der Waals surface area contributed by atoms with E-state index < -0.39 is 6.10 Å². The molecule has 6 heteroatoms. The van der Waals surface area contributed by atoms with E-state index >= 15 is 0 Å². The van der Waals surface area contributed by atoms with Gasteiger partial charge in [0.2, 0.25) is 11.8 Å². The van der Waals surface area contributed by atoms with Gasteiger partial charge < -0.3 is 14.9 Å². The molecule has 1 aromatic rings. The quantitative estimate of drug-likeness (QED) is 0.901. The summed E-state index contributed by atoms with van der Waals surface area (Å²) in [7, 11) is 0. The fourth-order valence-corrected chi connectivity index (χ4v) is 3.83. The minimum absolute atomic E-state index is 0.00331. The zero-order chi connectivity index (χ0) is 14.8. The van der Waals surface area contributed by atoms with Gasteiger partial charge in [-0.1, -0.05) is 6.07 Å². The zero-order valence-electron chi connectivity index (χ0n) is 11.9. The first-order valence-electron chi connectivity index (χ1n) is 7.44. The van der Waals surface area contributed by atoms with Crippen molar-refractivity contribution in [1.82, 2.24) is 9.80 Å². The highest BCUT2D eigenvalue weighted by Crippen LogP contribution is 2.23. The first-order chi connectivity index (χ1) is 10.1. The Balaban J connectivity index is 1.64. The number of rotatable bonds is 3. The summed E-state index contributed by atoms with van der Waals surface area (Å²) in [6, 6.07) is 3.56. The van der Waals surface area contributed by atoms with Gasteiger partial charge in [0.1, 0.15) is 6.04 Å². The first-order valence-corrected chi connectivity index (χ1v) is 8.32. The predicted molar refractivity (Wildman–Crippen MR) is 80.0 cm³/mol. The lowest BCUT2D eigenvalue weighted by Gasteiger charge is -2.27. The molecular weight excluding hydrogens is 288 g/mol. The molecular formula is C15H20N2O3S. The number of aliphatic hydroxyl groups excluding tert-OH is 1. The summed E-state index contributed by atoms with van der Waals surface area (Å²) in [5, 5.41) is 11.5. The van der Waals surface area contributed by atoms with Gasteiger partial charge in [0.25, 0.3) is 0 Å². The average Bonchev–Trinajstić information content (AvgIpc) is 3.18. The molecule has 114 valence electrons. The Labute approximate surface area is 128 Å². The van der Waals surface area contributed by atoms with Gasteiger partial charge in [0, 0.05) is 24.5 Å². The van der Waals surface area contributed by atoms with Crippen LogP contribution in [0.25, 0.3) is 0 Å². The van der Waals surface area contributed by atoms with Gasteiger partial charge in [-0.3, -0.25) is 9.59 Å². The smallest absolute Gasteiger partial charge is 0.245 e. The lowest BCUT2D eigenvalue weighted by atomic mass is 10.2. The number of hydrogen-bond donors (Lipinski definition) is 1. The topological polar surface area (TPSA) is 60.9 Å². The summed E-state index contributed by atoms with van der Waals surface area (Å²) in [5.74, 6) is 0.0385. The fourth-order valence-electron chi connectivity index (χ4n) is 3.14. The molecule has 2 fully saturated rings.